The molecule has 0 spiro atoms. The van der Waals surface area contributed by atoms with Gasteiger partial charge in [-0.25, -0.2) is 4.79 Å². The van der Waals surface area contributed by atoms with Crippen LogP contribution in [-0.2, 0) is 23.2 Å². The van der Waals surface area contributed by atoms with E-state index in [0.717, 1.165) is 11.1 Å². The van der Waals surface area contributed by atoms with Crippen LogP contribution in [0.3, 0.4) is 0 Å². The first-order chi connectivity index (χ1) is 9.90. The van der Waals surface area contributed by atoms with E-state index in [1.807, 2.05) is 31.2 Å². The van der Waals surface area contributed by atoms with Crippen LogP contribution < -0.4 is 0 Å². The lowest BCUT2D eigenvalue weighted by molar-refractivity contribution is -0.139. The van der Waals surface area contributed by atoms with Crippen molar-refractivity contribution in [3.63, 3.8) is 0 Å². The third-order valence-electron chi connectivity index (χ3n) is 3.37. The third kappa shape index (κ3) is 3.18. The number of rotatable bonds is 4. The molecule has 21 heavy (non-hydrogen) atoms. The van der Waals surface area contributed by atoms with Crippen LogP contribution in [0.2, 0.25) is 0 Å². The zero-order chi connectivity index (χ0) is 15.6. The fourth-order valence-electron chi connectivity index (χ4n) is 2.22. The molecule has 1 aromatic carbocycles. The van der Waals surface area contributed by atoms with E-state index in [-0.39, 0.29) is 6.61 Å². The standard InChI is InChI=1S/C16H18N2O3/c1-10-6-5-7-13(8-10)9-21-16(20)15(19)14-11(2)17-18(4)12(14)3/h5-8H,9H2,1-4H3. The highest BCUT2D eigenvalue weighted by Crippen LogP contribution is 2.14. The molecule has 0 atom stereocenters. The molecule has 0 bridgehead atoms. The fraction of sp³-hybridized carbons (Fsp3) is 0.312. The number of benzene rings is 1. The molecule has 0 aliphatic carbocycles. The number of nitrogens with zero attached hydrogens (tertiary/aromatic N) is 2. The van der Waals surface area contributed by atoms with E-state index in [2.05, 4.69) is 5.10 Å². The summed E-state index contributed by atoms with van der Waals surface area (Å²) < 4.78 is 6.67. The zero-order valence-electron chi connectivity index (χ0n) is 12.6. The second-order valence-electron chi connectivity index (χ2n) is 5.06. The summed E-state index contributed by atoms with van der Waals surface area (Å²) in [5.41, 5.74) is 3.45. The molecule has 0 unspecified atom stereocenters. The molecule has 0 aliphatic rings. The number of ketones is 1. The van der Waals surface area contributed by atoms with Crippen LogP contribution in [0.5, 0.6) is 0 Å². The monoisotopic (exact) mass is 286 g/mol. The van der Waals surface area contributed by atoms with Gasteiger partial charge in [0.15, 0.2) is 0 Å². The number of carbonyl (C=O) groups excluding carboxylic acids is 2. The van der Waals surface area contributed by atoms with E-state index >= 15 is 0 Å². The average Bonchev–Trinajstić information content (AvgIpc) is 2.69. The molecule has 5 nitrogen and oxygen atoms in total. The van der Waals surface area contributed by atoms with Crippen molar-refractivity contribution in [2.24, 2.45) is 7.05 Å². The lowest BCUT2D eigenvalue weighted by Crippen LogP contribution is -2.19. The second kappa shape index (κ2) is 5.91. The van der Waals surface area contributed by atoms with Gasteiger partial charge in [0, 0.05) is 12.7 Å². The Labute approximate surface area is 123 Å². The van der Waals surface area contributed by atoms with Crippen LogP contribution in [0, 0.1) is 20.8 Å². The lowest BCUT2D eigenvalue weighted by Gasteiger charge is -2.05. The Balaban J connectivity index is 2.08. The van der Waals surface area contributed by atoms with Crippen molar-refractivity contribution in [2.75, 3.05) is 0 Å². The summed E-state index contributed by atoms with van der Waals surface area (Å²) in [7, 11) is 1.73. The largest absolute Gasteiger partial charge is 0.455 e. The number of hydrogen-bond donors (Lipinski definition) is 0. The summed E-state index contributed by atoms with van der Waals surface area (Å²) in [5.74, 6) is -1.50. The lowest BCUT2D eigenvalue weighted by atomic mass is 10.1. The highest BCUT2D eigenvalue weighted by Gasteiger charge is 2.25. The first-order valence-corrected chi connectivity index (χ1v) is 6.67. The minimum atomic E-state index is -0.851. The smallest absolute Gasteiger partial charge is 0.380 e. The molecular formula is C16H18N2O3. The molecule has 0 saturated carbocycles. The first kappa shape index (κ1) is 15.0. The van der Waals surface area contributed by atoms with Gasteiger partial charge in [-0.05, 0) is 26.3 Å². The molecule has 0 aliphatic heterocycles. The topological polar surface area (TPSA) is 61.2 Å². The molecule has 1 aromatic heterocycles. The molecule has 2 aromatic rings. The van der Waals surface area contributed by atoms with Crippen LogP contribution in [0.1, 0.15) is 32.9 Å². The average molecular weight is 286 g/mol. The van der Waals surface area contributed by atoms with E-state index in [0.29, 0.717) is 17.0 Å². The number of aryl methyl sites for hydroxylation is 3. The molecule has 0 N–H and O–H groups in total. The molecular weight excluding hydrogens is 268 g/mol. The number of esters is 1. The van der Waals surface area contributed by atoms with Crippen LogP contribution in [-0.4, -0.2) is 21.5 Å². The molecule has 5 heteroatoms. The van der Waals surface area contributed by atoms with Gasteiger partial charge in [0.1, 0.15) is 6.61 Å². The Morgan fingerprint density at radius 3 is 2.52 bits per heavy atom. The minimum Gasteiger partial charge on any atom is -0.455 e. The van der Waals surface area contributed by atoms with Crippen molar-refractivity contribution in [1.82, 2.24) is 9.78 Å². The Morgan fingerprint density at radius 1 is 1.24 bits per heavy atom. The van der Waals surface area contributed by atoms with Crippen LogP contribution in [0.25, 0.3) is 0 Å². The minimum absolute atomic E-state index is 0.0879. The third-order valence-corrected chi connectivity index (χ3v) is 3.37. The molecule has 110 valence electrons. The number of Topliss-reactive ketones (excluding diaryl/α,β-unsaturated/α-hetero) is 1. The SMILES string of the molecule is Cc1cccc(COC(=O)C(=O)c2c(C)nn(C)c2C)c1. The maximum Gasteiger partial charge on any atom is 0.380 e. The van der Waals surface area contributed by atoms with Crippen LogP contribution in [0.4, 0.5) is 0 Å². The quantitative estimate of drug-likeness (QED) is 0.491. The van der Waals surface area contributed by atoms with Crippen molar-refractivity contribution in [2.45, 2.75) is 27.4 Å². The molecule has 0 amide bonds. The summed E-state index contributed by atoms with van der Waals surface area (Å²) in [6.07, 6.45) is 0. The Bertz CT molecular complexity index is 702. The summed E-state index contributed by atoms with van der Waals surface area (Å²) in [6, 6.07) is 7.61. The van der Waals surface area contributed by atoms with Gasteiger partial charge < -0.3 is 4.74 Å². The highest BCUT2D eigenvalue weighted by atomic mass is 16.5. The number of ether oxygens (including phenoxy) is 1. The number of hydrogen-bond acceptors (Lipinski definition) is 4. The van der Waals surface area contributed by atoms with Crippen molar-refractivity contribution < 1.29 is 14.3 Å². The van der Waals surface area contributed by atoms with Gasteiger partial charge in [-0.3, -0.25) is 9.48 Å². The fourth-order valence-corrected chi connectivity index (χ4v) is 2.22. The number of aromatic nitrogens is 2. The molecule has 1 heterocycles. The van der Waals surface area contributed by atoms with E-state index < -0.39 is 11.8 Å². The summed E-state index contributed by atoms with van der Waals surface area (Å²) >= 11 is 0. The van der Waals surface area contributed by atoms with E-state index in [9.17, 15) is 9.59 Å². The maximum atomic E-state index is 12.2. The maximum absolute atomic E-state index is 12.2. The first-order valence-electron chi connectivity index (χ1n) is 6.67. The van der Waals surface area contributed by atoms with Gasteiger partial charge in [0.2, 0.25) is 0 Å². The Morgan fingerprint density at radius 2 is 1.95 bits per heavy atom. The Hall–Kier alpha value is -2.43. The van der Waals surface area contributed by atoms with Crippen molar-refractivity contribution in [3.8, 4) is 0 Å². The van der Waals surface area contributed by atoms with Crippen LogP contribution >= 0.6 is 0 Å². The summed E-state index contributed by atoms with van der Waals surface area (Å²) in [6.45, 7) is 5.50. The van der Waals surface area contributed by atoms with Crippen molar-refractivity contribution in [1.29, 1.82) is 0 Å². The van der Waals surface area contributed by atoms with E-state index in [1.54, 1.807) is 25.6 Å². The van der Waals surface area contributed by atoms with Crippen molar-refractivity contribution in [3.05, 3.63) is 52.3 Å². The molecule has 0 fully saturated rings. The van der Waals surface area contributed by atoms with Gasteiger partial charge in [0.05, 0.1) is 11.3 Å². The van der Waals surface area contributed by atoms with Crippen molar-refractivity contribution >= 4 is 11.8 Å². The number of carbonyl (C=O) groups is 2. The zero-order valence-corrected chi connectivity index (χ0v) is 12.6. The molecule has 2 rings (SSSR count). The van der Waals surface area contributed by atoms with Gasteiger partial charge in [-0.1, -0.05) is 29.8 Å². The van der Waals surface area contributed by atoms with Gasteiger partial charge >= 0.3 is 5.97 Å². The van der Waals surface area contributed by atoms with Crippen LogP contribution in [0.15, 0.2) is 24.3 Å². The van der Waals surface area contributed by atoms with Gasteiger partial charge in [-0.15, -0.1) is 0 Å². The predicted octanol–water partition coefficient (Wildman–Crippen LogP) is 2.27. The molecule has 0 saturated heterocycles. The normalized spacial score (nSPS) is 10.5. The van der Waals surface area contributed by atoms with E-state index in [1.165, 1.54) is 0 Å². The summed E-state index contributed by atoms with van der Waals surface area (Å²) in [5, 5.41) is 4.13. The molecule has 0 radical (unpaired) electrons. The predicted molar refractivity (Wildman–Crippen MR) is 78.0 cm³/mol. The summed E-state index contributed by atoms with van der Waals surface area (Å²) in [4.78, 5) is 24.1. The van der Waals surface area contributed by atoms with E-state index in [4.69, 9.17) is 4.74 Å². The second-order valence-corrected chi connectivity index (χ2v) is 5.06. The highest BCUT2D eigenvalue weighted by molar-refractivity contribution is 6.41. The van der Waals surface area contributed by atoms with Gasteiger partial charge in [-0.2, -0.15) is 5.10 Å². The van der Waals surface area contributed by atoms with Gasteiger partial charge in [0.25, 0.3) is 5.78 Å². The Kier molecular flexibility index (Phi) is 4.21.